The zero-order valence-corrected chi connectivity index (χ0v) is 10.0. The summed E-state index contributed by atoms with van der Waals surface area (Å²) in [6.45, 7) is 4.60. The smallest absolute Gasteiger partial charge is 0.315 e. The van der Waals surface area contributed by atoms with Gasteiger partial charge in [-0.15, -0.1) is 0 Å². The lowest BCUT2D eigenvalue weighted by atomic mass is 9.90. The lowest BCUT2D eigenvalue weighted by Crippen LogP contribution is -2.36. The topological polar surface area (TPSA) is 66.8 Å². The standard InChI is InChI=1S/C11H19NO4/c1-11(2,15)8-4-5-12(7-8)9(13)6-10(14)16-3/h8,15H,4-7H2,1-3H3. The fraction of sp³-hybridized carbons (Fsp3) is 0.818. The van der Waals surface area contributed by atoms with Crippen LogP contribution in [0.15, 0.2) is 0 Å². The normalized spacial score (nSPS) is 21.0. The van der Waals surface area contributed by atoms with Gasteiger partial charge in [-0.05, 0) is 20.3 Å². The Balaban J connectivity index is 2.47. The number of nitrogens with zero attached hydrogens (tertiary/aromatic N) is 1. The molecule has 1 fully saturated rings. The van der Waals surface area contributed by atoms with Crippen molar-refractivity contribution in [2.75, 3.05) is 20.2 Å². The number of carbonyl (C=O) groups is 2. The van der Waals surface area contributed by atoms with Gasteiger partial charge in [0, 0.05) is 19.0 Å². The first-order valence-corrected chi connectivity index (χ1v) is 5.41. The molecule has 0 spiro atoms. The number of likely N-dealkylation sites (tertiary alicyclic amines) is 1. The average Bonchev–Trinajstić information content (AvgIpc) is 2.65. The summed E-state index contributed by atoms with van der Waals surface area (Å²) in [6.07, 6.45) is 0.561. The molecular weight excluding hydrogens is 210 g/mol. The van der Waals surface area contributed by atoms with Crippen LogP contribution in [0, 0.1) is 5.92 Å². The molecule has 1 amide bonds. The Morgan fingerprint density at radius 3 is 2.56 bits per heavy atom. The first-order chi connectivity index (χ1) is 7.34. The Hall–Kier alpha value is -1.10. The van der Waals surface area contributed by atoms with Crippen LogP contribution in [0.4, 0.5) is 0 Å². The molecule has 0 aromatic carbocycles. The van der Waals surface area contributed by atoms with Gasteiger partial charge in [0.05, 0.1) is 12.7 Å². The summed E-state index contributed by atoms with van der Waals surface area (Å²) in [6, 6.07) is 0. The predicted octanol–water partition coefficient (Wildman–Crippen LogP) is 0.169. The van der Waals surface area contributed by atoms with E-state index in [0.29, 0.717) is 13.1 Å². The highest BCUT2D eigenvalue weighted by Gasteiger charge is 2.35. The fourth-order valence-corrected chi connectivity index (χ4v) is 1.87. The lowest BCUT2D eigenvalue weighted by Gasteiger charge is -2.25. The van der Waals surface area contributed by atoms with Crippen molar-refractivity contribution in [1.29, 1.82) is 0 Å². The number of amides is 1. The van der Waals surface area contributed by atoms with E-state index in [1.54, 1.807) is 18.7 Å². The van der Waals surface area contributed by atoms with Crippen molar-refractivity contribution >= 4 is 11.9 Å². The number of hydrogen-bond donors (Lipinski definition) is 1. The largest absolute Gasteiger partial charge is 0.469 e. The molecule has 16 heavy (non-hydrogen) atoms. The van der Waals surface area contributed by atoms with Gasteiger partial charge >= 0.3 is 5.97 Å². The summed E-state index contributed by atoms with van der Waals surface area (Å²) in [5.74, 6) is -0.663. The minimum atomic E-state index is -0.777. The van der Waals surface area contributed by atoms with E-state index in [0.717, 1.165) is 6.42 Å². The molecule has 0 saturated carbocycles. The highest BCUT2D eigenvalue weighted by Crippen LogP contribution is 2.27. The van der Waals surface area contributed by atoms with Gasteiger partial charge in [-0.25, -0.2) is 0 Å². The van der Waals surface area contributed by atoms with Gasteiger partial charge in [-0.3, -0.25) is 9.59 Å². The zero-order chi connectivity index (χ0) is 12.3. The SMILES string of the molecule is COC(=O)CC(=O)N1CCC(C(C)(C)O)C1. The van der Waals surface area contributed by atoms with Gasteiger partial charge in [0.25, 0.3) is 0 Å². The van der Waals surface area contributed by atoms with Gasteiger partial charge in [-0.2, -0.15) is 0 Å². The molecule has 0 aromatic heterocycles. The van der Waals surface area contributed by atoms with Crippen LogP contribution in [0.1, 0.15) is 26.7 Å². The number of aliphatic hydroxyl groups is 1. The molecule has 1 aliphatic heterocycles. The Labute approximate surface area is 95.4 Å². The second-order valence-corrected chi connectivity index (χ2v) is 4.73. The van der Waals surface area contributed by atoms with E-state index in [-0.39, 0.29) is 18.2 Å². The summed E-state index contributed by atoms with van der Waals surface area (Å²) in [5, 5.41) is 9.82. The van der Waals surface area contributed by atoms with Crippen molar-refractivity contribution in [3.05, 3.63) is 0 Å². The maximum atomic E-state index is 11.6. The third kappa shape index (κ3) is 3.20. The molecule has 1 heterocycles. The van der Waals surface area contributed by atoms with Crippen LogP contribution >= 0.6 is 0 Å². The Bertz CT molecular complexity index is 282. The number of methoxy groups -OCH3 is 1. The molecule has 5 nitrogen and oxygen atoms in total. The van der Waals surface area contributed by atoms with Crippen LogP contribution in [0.3, 0.4) is 0 Å². The summed E-state index contributed by atoms with van der Waals surface area (Å²) in [4.78, 5) is 24.2. The highest BCUT2D eigenvalue weighted by atomic mass is 16.5. The molecule has 1 rings (SSSR count). The maximum absolute atomic E-state index is 11.6. The Kier molecular flexibility index (Phi) is 3.91. The molecule has 92 valence electrons. The van der Waals surface area contributed by atoms with Crippen LogP contribution in [0.2, 0.25) is 0 Å². The molecule has 5 heteroatoms. The summed E-state index contributed by atoms with van der Waals surface area (Å²) in [5.41, 5.74) is -0.777. The van der Waals surface area contributed by atoms with Crippen molar-refractivity contribution in [1.82, 2.24) is 4.90 Å². The van der Waals surface area contributed by atoms with Crippen LogP contribution < -0.4 is 0 Å². The first kappa shape index (κ1) is 13.0. The summed E-state index contributed by atoms with van der Waals surface area (Å²) in [7, 11) is 1.26. The van der Waals surface area contributed by atoms with Crippen LogP contribution in [-0.4, -0.2) is 47.7 Å². The van der Waals surface area contributed by atoms with Crippen molar-refractivity contribution in [3.63, 3.8) is 0 Å². The molecule has 0 radical (unpaired) electrons. The second-order valence-electron chi connectivity index (χ2n) is 4.73. The number of rotatable bonds is 3. The van der Waals surface area contributed by atoms with E-state index in [1.807, 2.05) is 0 Å². The van der Waals surface area contributed by atoms with Gasteiger partial charge in [0.2, 0.25) is 5.91 Å². The first-order valence-electron chi connectivity index (χ1n) is 5.41. The number of carbonyl (C=O) groups excluding carboxylic acids is 2. The van der Waals surface area contributed by atoms with Crippen molar-refractivity contribution in [2.45, 2.75) is 32.3 Å². The number of ether oxygens (including phenoxy) is 1. The molecule has 1 unspecified atom stereocenters. The summed E-state index contributed by atoms with van der Waals surface area (Å²) < 4.78 is 4.44. The van der Waals surface area contributed by atoms with E-state index in [4.69, 9.17) is 0 Å². The molecule has 0 aliphatic carbocycles. The molecule has 0 bridgehead atoms. The molecule has 1 atom stereocenters. The van der Waals surface area contributed by atoms with Crippen LogP contribution in [-0.2, 0) is 14.3 Å². The van der Waals surface area contributed by atoms with Gasteiger partial charge < -0.3 is 14.7 Å². The van der Waals surface area contributed by atoms with E-state index in [9.17, 15) is 14.7 Å². The Morgan fingerprint density at radius 2 is 2.12 bits per heavy atom. The minimum absolute atomic E-state index is 0.0779. The van der Waals surface area contributed by atoms with Gasteiger partial charge in [-0.1, -0.05) is 0 Å². The van der Waals surface area contributed by atoms with Crippen molar-refractivity contribution in [2.24, 2.45) is 5.92 Å². The van der Waals surface area contributed by atoms with Crippen molar-refractivity contribution < 1.29 is 19.4 Å². The van der Waals surface area contributed by atoms with E-state index >= 15 is 0 Å². The maximum Gasteiger partial charge on any atom is 0.315 e. The molecular formula is C11H19NO4. The fourth-order valence-electron chi connectivity index (χ4n) is 1.87. The second kappa shape index (κ2) is 4.82. The van der Waals surface area contributed by atoms with Crippen molar-refractivity contribution in [3.8, 4) is 0 Å². The van der Waals surface area contributed by atoms with Crippen LogP contribution in [0.25, 0.3) is 0 Å². The Morgan fingerprint density at radius 1 is 1.50 bits per heavy atom. The van der Waals surface area contributed by atoms with E-state index < -0.39 is 11.6 Å². The highest BCUT2D eigenvalue weighted by molar-refractivity contribution is 5.94. The average molecular weight is 229 g/mol. The van der Waals surface area contributed by atoms with Crippen LogP contribution in [0.5, 0.6) is 0 Å². The van der Waals surface area contributed by atoms with Gasteiger partial charge in [0.15, 0.2) is 0 Å². The number of hydrogen-bond acceptors (Lipinski definition) is 4. The quantitative estimate of drug-likeness (QED) is 0.553. The zero-order valence-electron chi connectivity index (χ0n) is 10.0. The molecule has 1 saturated heterocycles. The number of esters is 1. The molecule has 1 N–H and O–H groups in total. The molecule has 0 aromatic rings. The van der Waals surface area contributed by atoms with Gasteiger partial charge in [0.1, 0.15) is 6.42 Å². The minimum Gasteiger partial charge on any atom is -0.469 e. The molecule has 1 aliphatic rings. The third-order valence-electron chi connectivity index (χ3n) is 3.06. The van der Waals surface area contributed by atoms with E-state index in [1.165, 1.54) is 7.11 Å². The van der Waals surface area contributed by atoms with E-state index in [2.05, 4.69) is 4.74 Å². The predicted molar refractivity (Wildman–Crippen MR) is 57.6 cm³/mol. The monoisotopic (exact) mass is 229 g/mol. The third-order valence-corrected chi connectivity index (χ3v) is 3.06. The summed E-state index contributed by atoms with van der Waals surface area (Å²) >= 11 is 0. The lowest BCUT2D eigenvalue weighted by molar-refractivity contribution is -0.146.